The van der Waals surface area contributed by atoms with Crippen molar-refractivity contribution in [2.24, 2.45) is 0 Å². The van der Waals surface area contributed by atoms with Crippen molar-refractivity contribution in [3.63, 3.8) is 0 Å². The molecule has 0 bridgehead atoms. The number of benzene rings is 1. The van der Waals surface area contributed by atoms with Gasteiger partial charge in [-0.2, -0.15) is 0 Å². The van der Waals surface area contributed by atoms with Gasteiger partial charge in [0.2, 0.25) is 0 Å². The van der Waals surface area contributed by atoms with Crippen LogP contribution in [-0.4, -0.2) is 4.98 Å². The molecule has 102 valence electrons. The Bertz CT molecular complexity index is 559. The monoisotopic (exact) mass is 335 g/mol. The number of rotatable bonds is 5. The molecule has 2 nitrogen and oxygen atoms in total. The average molecular weight is 337 g/mol. The van der Waals surface area contributed by atoms with E-state index in [0.717, 1.165) is 17.1 Å². The molecule has 0 N–H and O–H groups in total. The molecule has 0 aliphatic heterocycles. The fourth-order valence-corrected chi connectivity index (χ4v) is 3.18. The summed E-state index contributed by atoms with van der Waals surface area (Å²) < 4.78 is 5.91. The molecule has 2 aromatic rings. The first kappa shape index (κ1) is 14.9. The first-order chi connectivity index (χ1) is 9.13. The van der Waals surface area contributed by atoms with Gasteiger partial charge in [0.05, 0.1) is 16.6 Å². The van der Waals surface area contributed by atoms with E-state index in [2.05, 4.69) is 4.98 Å². The van der Waals surface area contributed by atoms with E-state index in [1.54, 1.807) is 29.5 Å². The maximum atomic E-state index is 6.10. The number of ether oxygens (including phenoxy) is 1. The molecule has 0 fully saturated rings. The summed E-state index contributed by atoms with van der Waals surface area (Å²) >= 11 is 19.3. The van der Waals surface area contributed by atoms with Crippen LogP contribution in [0.5, 0.6) is 5.75 Å². The summed E-state index contributed by atoms with van der Waals surface area (Å²) in [6, 6.07) is 5.18. The number of thiazole rings is 1. The van der Waals surface area contributed by atoms with Gasteiger partial charge in [0, 0.05) is 10.4 Å². The Kier molecular flexibility index (Phi) is 5.34. The van der Waals surface area contributed by atoms with Gasteiger partial charge in [-0.1, -0.05) is 30.1 Å². The van der Waals surface area contributed by atoms with E-state index in [4.69, 9.17) is 39.5 Å². The van der Waals surface area contributed by atoms with E-state index < -0.39 is 0 Å². The van der Waals surface area contributed by atoms with Gasteiger partial charge in [0.15, 0.2) is 0 Å². The maximum absolute atomic E-state index is 6.10. The van der Waals surface area contributed by atoms with Gasteiger partial charge in [-0.25, -0.2) is 4.98 Å². The fraction of sp³-hybridized carbons (Fsp3) is 0.308. The van der Waals surface area contributed by atoms with E-state index in [1.807, 2.05) is 12.3 Å². The molecule has 2 rings (SSSR count). The van der Waals surface area contributed by atoms with Crippen LogP contribution in [-0.2, 0) is 5.88 Å². The molecule has 1 heterocycles. The third-order valence-corrected chi connectivity index (χ3v) is 4.31. The van der Waals surface area contributed by atoms with Gasteiger partial charge in [-0.05, 0) is 24.6 Å². The molecular weight excluding hydrogens is 325 g/mol. The second kappa shape index (κ2) is 6.80. The number of aromatic nitrogens is 1. The van der Waals surface area contributed by atoms with Crippen LogP contribution in [0.1, 0.15) is 30.2 Å². The van der Waals surface area contributed by atoms with Crippen molar-refractivity contribution in [1.82, 2.24) is 4.98 Å². The normalized spacial score (nSPS) is 12.4. The molecule has 0 radical (unpaired) electrons. The highest BCUT2D eigenvalue weighted by molar-refractivity contribution is 7.09. The summed E-state index contributed by atoms with van der Waals surface area (Å²) in [4.78, 5) is 4.44. The molecule has 6 heteroatoms. The third kappa shape index (κ3) is 3.76. The molecule has 1 aromatic heterocycles. The second-order valence-corrected chi connectivity index (χ2v) is 5.90. The standard InChI is InChI=1S/C13H12Cl3NOS/c1-2-11(13-17-9(6-14)7-19-13)18-12-4-3-8(15)5-10(12)16/h3-5,7,11H,2,6H2,1H3. The molecule has 0 spiro atoms. The van der Waals surface area contributed by atoms with E-state index in [0.29, 0.717) is 21.7 Å². The van der Waals surface area contributed by atoms with Gasteiger partial charge < -0.3 is 4.74 Å². The van der Waals surface area contributed by atoms with Gasteiger partial charge in [0.1, 0.15) is 16.9 Å². The van der Waals surface area contributed by atoms with E-state index in [-0.39, 0.29) is 6.10 Å². The summed E-state index contributed by atoms with van der Waals surface area (Å²) in [5, 5.41) is 3.94. The van der Waals surface area contributed by atoms with Crippen molar-refractivity contribution >= 4 is 46.1 Å². The molecule has 0 amide bonds. The lowest BCUT2D eigenvalue weighted by molar-refractivity contribution is 0.201. The largest absolute Gasteiger partial charge is 0.482 e. The zero-order valence-electron chi connectivity index (χ0n) is 10.2. The maximum Gasteiger partial charge on any atom is 0.150 e. The zero-order chi connectivity index (χ0) is 13.8. The number of alkyl halides is 1. The first-order valence-corrected chi connectivity index (χ1v) is 7.93. The highest BCUT2D eigenvalue weighted by Crippen LogP contribution is 2.33. The van der Waals surface area contributed by atoms with Crippen molar-refractivity contribution in [2.75, 3.05) is 0 Å². The van der Waals surface area contributed by atoms with Crippen LogP contribution in [0, 0.1) is 0 Å². The molecule has 1 unspecified atom stereocenters. The van der Waals surface area contributed by atoms with Crippen LogP contribution < -0.4 is 4.74 Å². The minimum absolute atomic E-state index is 0.124. The quantitative estimate of drug-likeness (QED) is 0.651. The van der Waals surface area contributed by atoms with E-state index in [1.165, 1.54) is 0 Å². The molecule has 0 saturated heterocycles. The van der Waals surface area contributed by atoms with Crippen LogP contribution in [0.2, 0.25) is 10.0 Å². The van der Waals surface area contributed by atoms with Crippen LogP contribution >= 0.6 is 46.1 Å². The van der Waals surface area contributed by atoms with Crippen LogP contribution in [0.4, 0.5) is 0 Å². The highest BCUT2D eigenvalue weighted by atomic mass is 35.5. The summed E-state index contributed by atoms with van der Waals surface area (Å²) in [6.07, 6.45) is 0.675. The lowest BCUT2D eigenvalue weighted by Crippen LogP contribution is -2.06. The Morgan fingerprint density at radius 2 is 2.16 bits per heavy atom. The Labute approximate surface area is 131 Å². The zero-order valence-corrected chi connectivity index (χ0v) is 13.3. The number of halogens is 3. The number of hydrogen-bond donors (Lipinski definition) is 0. The average Bonchev–Trinajstić information content (AvgIpc) is 2.86. The summed E-state index contributed by atoms with van der Waals surface area (Å²) in [6.45, 7) is 2.04. The molecule has 1 aromatic carbocycles. The summed E-state index contributed by atoms with van der Waals surface area (Å²) in [5.41, 5.74) is 0.867. The minimum atomic E-state index is -0.124. The number of nitrogens with zero attached hydrogens (tertiary/aromatic N) is 1. The summed E-state index contributed by atoms with van der Waals surface area (Å²) in [7, 11) is 0. The predicted molar refractivity (Wildman–Crippen MR) is 81.8 cm³/mol. The second-order valence-electron chi connectivity index (χ2n) is 3.90. The predicted octanol–water partition coefficient (Wildman–Crippen LogP) is 5.72. The van der Waals surface area contributed by atoms with Crippen LogP contribution in [0.15, 0.2) is 23.6 Å². The van der Waals surface area contributed by atoms with E-state index in [9.17, 15) is 0 Å². The first-order valence-electron chi connectivity index (χ1n) is 5.76. The van der Waals surface area contributed by atoms with Gasteiger partial charge in [-0.15, -0.1) is 22.9 Å². The topological polar surface area (TPSA) is 22.1 Å². The van der Waals surface area contributed by atoms with Gasteiger partial charge >= 0.3 is 0 Å². The molecule has 0 aliphatic rings. The van der Waals surface area contributed by atoms with Crippen molar-refractivity contribution in [1.29, 1.82) is 0 Å². The Balaban J connectivity index is 2.18. The van der Waals surface area contributed by atoms with E-state index >= 15 is 0 Å². The van der Waals surface area contributed by atoms with Crippen molar-refractivity contribution in [3.05, 3.63) is 44.3 Å². The lowest BCUT2D eigenvalue weighted by atomic mass is 10.2. The molecule has 0 aliphatic carbocycles. The molecule has 19 heavy (non-hydrogen) atoms. The number of hydrogen-bond acceptors (Lipinski definition) is 3. The SMILES string of the molecule is CCC(Oc1ccc(Cl)cc1Cl)c1nc(CCl)cs1. The van der Waals surface area contributed by atoms with Crippen molar-refractivity contribution in [2.45, 2.75) is 25.3 Å². The van der Waals surface area contributed by atoms with Crippen molar-refractivity contribution < 1.29 is 4.74 Å². The highest BCUT2D eigenvalue weighted by Gasteiger charge is 2.17. The fourth-order valence-electron chi connectivity index (χ4n) is 1.56. The van der Waals surface area contributed by atoms with Crippen LogP contribution in [0.3, 0.4) is 0 Å². The van der Waals surface area contributed by atoms with Crippen molar-refractivity contribution in [3.8, 4) is 5.75 Å². The van der Waals surface area contributed by atoms with Gasteiger partial charge in [-0.3, -0.25) is 0 Å². The lowest BCUT2D eigenvalue weighted by Gasteiger charge is -2.16. The Hall–Kier alpha value is -0.480. The molecule has 1 atom stereocenters. The minimum Gasteiger partial charge on any atom is -0.482 e. The molecule has 0 saturated carbocycles. The summed E-state index contributed by atoms with van der Waals surface area (Å²) in [5.74, 6) is 1.02. The van der Waals surface area contributed by atoms with Crippen LogP contribution in [0.25, 0.3) is 0 Å². The smallest absolute Gasteiger partial charge is 0.150 e. The molecular formula is C13H12Cl3NOS. The Morgan fingerprint density at radius 1 is 1.37 bits per heavy atom. The third-order valence-electron chi connectivity index (χ3n) is 2.52. The van der Waals surface area contributed by atoms with Gasteiger partial charge in [0.25, 0.3) is 0 Å². The Morgan fingerprint density at radius 3 is 2.74 bits per heavy atom.